The summed E-state index contributed by atoms with van der Waals surface area (Å²) in [6.07, 6.45) is 2.37. The molecule has 0 aliphatic carbocycles. The molecule has 82 valence electrons. The Morgan fingerprint density at radius 3 is 2.86 bits per heavy atom. The van der Waals surface area contributed by atoms with Crippen molar-refractivity contribution in [3.05, 3.63) is 0 Å². The van der Waals surface area contributed by atoms with Crippen LogP contribution in [-0.2, 0) is 9.53 Å². The third-order valence-corrected chi connectivity index (χ3v) is 3.16. The second-order valence-corrected chi connectivity index (χ2v) is 4.70. The molecule has 0 amide bonds. The number of thiol groups is 1. The molecule has 0 bridgehead atoms. The molecule has 1 rings (SSSR count). The quantitative estimate of drug-likeness (QED) is 0.525. The molecule has 3 nitrogen and oxygen atoms in total. The average molecular weight is 218 g/mol. The number of esters is 1. The predicted molar refractivity (Wildman–Crippen MR) is 58.4 cm³/mol. The monoisotopic (exact) mass is 218 g/mol. The molecule has 0 aromatic carbocycles. The van der Waals surface area contributed by atoms with Crippen molar-refractivity contribution in [3.63, 3.8) is 0 Å². The SMILES string of the molecule is CC(C)(OC(=O)CS)C1CCC[NH2+]C1. The summed E-state index contributed by atoms with van der Waals surface area (Å²) in [5.41, 5.74) is -0.337. The van der Waals surface area contributed by atoms with Crippen molar-refractivity contribution in [3.8, 4) is 0 Å². The highest BCUT2D eigenvalue weighted by molar-refractivity contribution is 7.81. The minimum absolute atomic E-state index is 0.167. The molecule has 0 radical (unpaired) electrons. The van der Waals surface area contributed by atoms with Crippen LogP contribution in [0.3, 0.4) is 0 Å². The van der Waals surface area contributed by atoms with E-state index in [4.69, 9.17) is 4.74 Å². The maximum absolute atomic E-state index is 11.2. The number of ether oxygens (including phenoxy) is 1. The lowest BCUT2D eigenvalue weighted by atomic mass is 9.85. The van der Waals surface area contributed by atoms with Crippen LogP contribution in [0.15, 0.2) is 0 Å². The second kappa shape index (κ2) is 5.03. The minimum Gasteiger partial charge on any atom is -0.459 e. The van der Waals surface area contributed by atoms with Crippen LogP contribution >= 0.6 is 12.6 Å². The van der Waals surface area contributed by atoms with E-state index in [0.717, 1.165) is 13.0 Å². The van der Waals surface area contributed by atoms with E-state index in [9.17, 15) is 4.79 Å². The number of hydrogen-bond donors (Lipinski definition) is 2. The summed E-state index contributed by atoms with van der Waals surface area (Å²) < 4.78 is 5.39. The standard InChI is InChI=1S/C10H19NO2S/c1-10(2,13-9(12)7-14)8-4-3-5-11-6-8/h8,11,14H,3-7H2,1-2H3/p+1. The van der Waals surface area contributed by atoms with Crippen molar-refractivity contribution in [1.29, 1.82) is 0 Å². The first-order chi connectivity index (χ1) is 6.56. The number of hydrogen-bond acceptors (Lipinski definition) is 3. The Bertz CT molecular complexity index is 200. The van der Waals surface area contributed by atoms with Gasteiger partial charge in [0.15, 0.2) is 0 Å². The zero-order valence-corrected chi connectivity index (χ0v) is 9.85. The summed E-state index contributed by atoms with van der Waals surface area (Å²) in [5, 5.41) is 2.30. The molecule has 14 heavy (non-hydrogen) atoms. The van der Waals surface area contributed by atoms with Gasteiger partial charge in [0.05, 0.1) is 18.8 Å². The van der Waals surface area contributed by atoms with E-state index >= 15 is 0 Å². The lowest BCUT2D eigenvalue weighted by Crippen LogP contribution is -2.88. The van der Waals surface area contributed by atoms with Crippen molar-refractivity contribution in [2.75, 3.05) is 18.8 Å². The average Bonchev–Trinajstić information content (AvgIpc) is 2.18. The van der Waals surface area contributed by atoms with E-state index in [1.165, 1.54) is 13.0 Å². The molecule has 0 saturated carbocycles. The number of rotatable bonds is 3. The maximum Gasteiger partial charge on any atom is 0.316 e. The Labute approximate surface area is 91.0 Å². The van der Waals surface area contributed by atoms with Crippen molar-refractivity contribution < 1.29 is 14.8 Å². The van der Waals surface area contributed by atoms with E-state index in [2.05, 4.69) is 17.9 Å². The van der Waals surface area contributed by atoms with Gasteiger partial charge in [-0.2, -0.15) is 12.6 Å². The van der Waals surface area contributed by atoms with Gasteiger partial charge in [-0.25, -0.2) is 0 Å². The Morgan fingerprint density at radius 2 is 2.36 bits per heavy atom. The van der Waals surface area contributed by atoms with Gasteiger partial charge in [0.1, 0.15) is 5.60 Å². The molecule has 2 N–H and O–H groups in total. The molecule has 1 aliphatic heterocycles. The van der Waals surface area contributed by atoms with Crippen molar-refractivity contribution in [1.82, 2.24) is 0 Å². The summed E-state index contributed by atoms with van der Waals surface area (Å²) in [6, 6.07) is 0. The fourth-order valence-corrected chi connectivity index (χ4v) is 2.05. The highest BCUT2D eigenvalue weighted by atomic mass is 32.1. The number of nitrogens with two attached hydrogens (primary N) is 1. The molecule has 1 heterocycles. The molecule has 0 spiro atoms. The summed E-state index contributed by atoms with van der Waals surface area (Å²) in [7, 11) is 0. The van der Waals surface area contributed by atoms with E-state index in [0.29, 0.717) is 5.92 Å². The largest absolute Gasteiger partial charge is 0.459 e. The molecule has 1 aliphatic rings. The molecule has 0 aromatic heterocycles. The van der Waals surface area contributed by atoms with Gasteiger partial charge in [-0.05, 0) is 26.7 Å². The fourth-order valence-electron chi connectivity index (χ4n) is 1.99. The Morgan fingerprint density at radius 1 is 1.64 bits per heavy atom. The van der Waals surface area contributed by atoms with E-state index in [-0.39, 0.29) is 17.3 Å². The normalized spacial score (nSPS) is 23.2. The zero-order chi connectivity index (χ0) is 10.6. The van der Waals surface area contributed by atoms with Crippen LogP contribution in [0, 0.1) is 5.92 Å². The van der Waals surface area contributed by atoms with Crippen molar-refractivity contribution in [2.45, 2.75) is 32.3 Å². The van der Waals surface area contributed by atoms with Crippen LogP contribution in [0.2, 0.25) is 0 Å². The Kier molecular flexibility index (Phi) is 4.26. The van der Waals surface area contributed by atoms with Crippen LogP contribution in [-0.4, -0.2) is 30.4 Å². The fraction of sp³-hybridized carbons (Fsp3) is 0.900. The molecule has 1 atom stereocenters. The predicted octanol–water partition coefficient (Wildman–Crippen LogP) is 0.211. The molecule has 1 saturated heterocycles. The van der Waals surface area contributed by atoms with Gasteiger partial charge < -0.3 is 10.1 Å². The van der Waals surface area contributed by atoms with Crippen LogP contribution in [0.5, 0.6) is 0 Å². The van der Waals surface area contributed by atoms with Crippen LogP contribution in [0.4, 0.5) is 0 Å². The number of carbonyl (C=O) groups is 1. The van der Waals surface area contributed by atoms with Crippen LogP contribution in [0.1, 0.15) is 26.7 Å². The number of carbonyl (C=O) groups excluding carboxylic acids is 1. The summed E-state index contributed by atoms with van der Waals surface area (Å²) >= 11 is 3.91. The van der Waals surface area contributed by atoms with E-state index in [1.54, 1.807) is 0 Å². The highest BCUT2D eigenvalue weighted by Gasteiger charge is 2.35. The van der Waals surface area contributed by atoms with Crippen molar-refractivity contribution in [2.24, 2.45) is 5.92 Å². The summed E-state index contributed by atoms with van der Waals surface area (Å²) in [5.74, 6) is 0.420. The maximum atomic E-state index is 11.2. The highest BCUT2D eigenvalue weighted by Crippen LogP contribution is 2.25. The van der Waals surface area contributed by atoms with Gasteiger partial charge in [-0.15, -0.1) is 0 Å². The molecule has 0 aromatic rings. The lowest BCUT2D eigenvalue weighted by Gasteiger charge is -2.34. The van der Waals surface area contributed by atoms with Gasteiger partial charge in [0, 0.05) is 5.92 Å². The first kappa shape index (κ1) is 11.9. The molecule has 1 unspecified atom stereocenters. The first-order valence-electron chi connectivity index (χ1n) is 5.20. The first-order valence-corrected chi connectivity index (χ1v) is 5.84. The summed E-state index contributed by atoms with van der Waals surface area (Å²) in [4.78, 5) is 11.2. The van der Waals surface area contributed by atoms with Gasteiger partial charge in [-0.3, -0.25) is 4.79 Å². The van der Waals surface area contributed by atoms with Gasteiger partial charge >= 0.3 is 5.97 Å². The lowest BCUT2D eigenvalue weighted by molar-refractivity contribution is -0.671. The number of quaternary nitrogens is 1. The topological polar surface area (TPSA) is 42.9 Å². The van der Waals surface area contributed by atoms with Crippen molar-refractivity contribution >= 4 is 18.6 Å². The van der Waals surface area contributed by atoms with E-state index < -0.39 is 0 Å². The van der Waals surface area contributed by atoms with E-state index in [1.807, 2.05) is 13.8 Å². The van der Waals surface area contributed by atoms with Crippen LogP contribution in [0.25, 0.3) is 0 Å². The second-order valence-electron chi connectivity index (χ2n) is 4.39. The molecule has 4 heteroatoms. The van der Waals surface area contributed by atoms with Gasteiger partial charge in [0.25, 0.3) is 0 Å². The molecular formula is C10H20NO2S+. The summed E-state index contributed by atoms with van der Waals surface area (Å²) in [6.45, 7) is 6.26. The Balaban J connectivity index is 2.49. The molecule has 1 fully saturated rings. The van der Waals surface area contributed by atoms with Gasteiger partial charge in [0.2, 0.25) is 0 Å². The third-order valence-electron chi connectivity index (χ3n) is 2.90. The minimum atomic E-state index is -0.337. The van der Waals surface area contributed by atoms with Crippen LogP contribution < -0.4 is 5.32 Å². The Hall–Kier alpha value is -0.220. The third kappa shape index (κ3) is 3.17. The molecular weight excluding hydrogens is 198 g/mol. The zero-order valence-electron chi connectivity index (χ0n) is 8.95. The van der Waals surface area contributed by atoms with Gasteiger partial charge in [-0.1, -0.05) is 0 Å². The number of piperidine rings is 1. The smallest absolute Gasteiger partial charge is 0.316 e.